The Morgan fingerprint density at radius 3 is 2.55 bits per heavy atom. The van der Waals surface area contributed by atoms with Crippen LogP contribution in [0, 0.1) is 28.6 Å². The Hall–Kier alpha value is -0.340. The average molecular weight is 304 g/mol. The molecule has 0 saturated heterocycles. The van der Waals surface area contributed by atoms with Gasteiger partial charge in [-0.05, 0) is 80.5 Å². The molecule has 4 aliphatic carbocycles. The molecule has 4 aliphatic rings. The maximum atomic E-state index is 11.3. The van der Waals surface area contributed by atoms with Gasteiger partial charge in [-0.25, -0.2) is 0 Å². The normalized spacial score (nSPS) is 57.6. The first-order valence-electron chi connectivity index (χ1n) is 9.39. The van der Waals surface area contributed by atoms with E-state index in [1.807, 2.05) is 6.92 Å². The maximum Gasteiger partial charge on any atom is 0.0836 e. The van der Waals surface area contributed by atoms with Gasteiger partial charge in [-0.2, -0.15) is 0 Å². The zero-order valence-electron chi connectivity index (χ0n) is 14.4. The Balaban J connectivity index is 1.79. The summed E-state index contributed by atoms with van der Waals surface area (Å²) in [6.07, 6.45) is 11.4. The lowest BCUT2D eigenvalue weighted by atomic mass is 9.45. The molecule has 2 nitrogen and oxygen atoms in total. The fourth-order valence-electron chi connectivity index (χ4n) is 6.97. The molecule has 0 heterocycles. The lowest BCUT2D eigenvalue weighted by molar-refractivity contribution is -0.123. The van der Waals surface area contributed by atoms with Gasteiger partial charge in [0.25, 0.3) is 0 Å². The molecule has 0 spiro atoms. The van der Waals surface area contributed by atoms with Crippen molar-refractivity contribution in [2.24, 2.45) is 28.6 Å². The van der Waals surface area contributed by atoms with Crippen LogP contribution in [0.5, 0.6) is 0 Å². The van der Waals surface area contributed by atoms with Gasteiger partial charge in [0, 0.05) is 0 Å². The molecule has 0 amide bonds. The highest BCUT2D eigenvalue weighted by atomic mass is 16.3. The minimum Gasteiger partial charge on any atom is -0.393 e. The van der Waals surface area contributed by atoms with Crippen LogP contribution in [0.2, 0.25) is 0 Å². The average Bonchev–Trinajstić information content (AvgIpc) is 2.82. The predicted molar refractivity (Wildman–Crippen MR) is 88.3 cm³/mol. The molecule has 4 rings (SSSR count). The topological polar surface area (TPSA) is 40.5 Å². The third kappa shape index (κ3) is 1.92. The van der Waals surface area contributed by atoms with Gasteiger partial charge in [-0.1, -0.05) is 31.9 Å². The van der Waals surface area contributed by atoms with E-state index >= 15 is 0 Å². The standard InChI is InChI=1S/C20H32O2/c1-18-8-4-5-15(18)17-16(7-9-18)19(2)10-6-14(21)11-13(19)12-20(17,3)22/h12,14-17,21-22H,4-11H2,1-3H3/t14?,15?,16?,17?,18?,19-,20?/m0/s1. The second-order valence-electron chi connectivity index (χ2n) is 9.53. The molecule has 0 aromatic heterocycles. The highest BCUT2D eigenvalue weighted by molar-refractivity contribution is 5.30. The molecule has 0 bridgehead atoms. The number of aliphatic hydroxyl groups is 2. The number of hydrogen-bond donors (Lipinski definition) is 2. The van der Waals surface area contributed by atoms with Crippen molar-refractivity contribution in [2.45, 2.75) is 83.8 Å². The maximum absolute atomic E-state index is 11.3. The third-order valence-corrected chi connectivity index (χ3v) is 8.20. The van der Waals surface area contributed by atoms with Crippen LogP contribution in [0.4, 0.5) is 0 Å². The monoisotopic (exact) mass is 304 g/mol. The molecule has 3 fully saturated rings. The van der Waals surface area contributed by atoms with Gasteiger partial charge in [0.1, 0.15) is 0 Å². The summed E-state index contributed by atoms with van der Waals surface area (Å²) in [7, 11) is 0. The molecule has 22 heavy (non-hydrogen) atoms. The van der Waals surface area contributed by atoms with Gasteiger partial charge < -0.3 is 10.2 Å². The first kappa shape index (κ1) is 15.2. The van der Waals surface area contributed by atoms with E-state index in [9.17, 15) is 10.2 Å². The van der Waals surface area contributed by atoms with Crippen LogP contribution >= 0.6 is 0 Å². The molecule has 2 heteroatoms. The summed E-state index contributed by atoms with van der Waals surface area (Å²) < 4.78 is 0. The summed E-state index contributed by atoms with van der Waals surface area (Å²) in [5, 5.41) is 21.4. The van der Waals surface area contributed by atoms with E-state index in [1.165, 1.54) is 37.7 Å². The molecule has 124 valence electrons. The molecule has 7 atom stereocenters. The molecule has 3 saturated carbocycles. The van der Waals surface area contributed by atoms with Gasteiger partial charge in [0.2, 0.25) is 0 Å². The third-order valence-electron chi connectivity index (χ3n) is 8.20. The fraction of sp³-hybridized carbons (Fsp3) is 0.900. The van der Waals surface area contributed by atoms with Gasteiger partial charge >= 0.3 is 0 Å². The lowest BCUT2D eigenvalue weighted by Gasteiger charge is -2.61. The van der Waals surface area contributed by atoms with Crippen LogP contribution in [0.3, 0.4) is 0 Å². The Morgan fingerprint density at radius 1 is 1.00 bits per heavy atom. The molecule has 0 radical (unpaired) electrons. The van der Waals surface area contributed by atoms with E-state index in [0.717, 1.165) is 19.3 Å². The Labute approximate surface area is 135 Å². The molecular weight excluding hydrogens is 272 g/mol. The lowest BCUT2D eigenvalue weighted by Crippen LogP contribution is -2.58. The SMILES string of the molecule is CC1(O)C=C2CC(O)CC[C@]2(C)C2CCC3(C)CCCC3C21. The van der Waals surface area contributed by atoms with E-state index in [-0.39, 0.29) is 11.5 Å². The van der Waals surface area contributed by atoms with Crippen LogP contribution in [-0.2, 0) is 0 Å². The van der Waals surface area contributed by atoms with Crippen molar-refractivity contribution in [1.82, 2.24) is 0 Å². The van der Waals surface area contributed by atoms with Crippen LogP contribution in [0.1, 0.15) is 72.1 Å². The molecule has 2 N–H and O–H groups in total. The van der Waals surface area contributed by atoms with Crippen LogP contribution < -0.4 is 0 Å². The first-order valence-corrected chi connectivity index (χ1v) is 9.39. The highest BCUT2D eigenvalue weighted by Gasteiger charge is 2.61. The summed E-state index contributed by atoms with van der Waals surface area (Å²) >= 11 is 0. The van der Waals surface area contributed by atoms with Crippen molar-refractivity contribution >= 4 is 0 Å². The van der Waals surface area contributed by atoms with E-state index in [1.54, 1.807) is 0 Å². The number of hydrogen-bond acceptors (Lipinski definition) is 2. The summed E-state index contributed by atoms with van der Waals surface area (Å²) in [4.78, 5) is 0. The Kier molecular flexibility index (Phi) is 3.18. The Morgan fingerprint density at radius 2 is 1.77 bits per heavy atom. The van der Waals surface area contributed by atoms with E-state index in [2.05, 4.69) is 19.9 Å². The first-order chi connectivity index (χ1) is 10.3. The zero-order valence-corrected chi connectivity index (χ0v) is 14.4. The molecule has 0 aliphatic heterocycles. The second kappa shape index (κ2) is 4.60. The van der Waals surface area contributed by atoms with Crippen LogP contribution in [-0.4, -0.2) is 21.9 Å². The van der Waals surface area contributed by atoms with E-state index in [0.29, 0.717) is 23.2 Å². The molecular formula is C20H32O2. The number of rotatable bonds is 0. The van der Waals surface area contributed by atoms with E-state index < -0.39 is 5.60 Å². The van der Waals surface area contributed by atoms with Gasteiger partial charge in [-0.15, -0.1) is 0 Å². The van der Waals surface area contributed by atoms with Gasteiger partial charge in [0.15, 0.2) is 0 Å². The van der Waals surface area contributed by atoms with Crippen molar-refractivity contribution in [3.8, 4) is 0 Å². The smallest absolute Gasteiger partial charge is 0.0836 e. The molecule has 6 unspecified atom stereocenters. The minimum absolute atomic E-state index is 0.202. The number of fused-ring (bicyclic) bond motifs is 5. The van der Waals surface area contributed by atoms with Crippen LogP contribution in [0.25, 0.3) is 0 Å². The predicted octanol–water partition coefficient (Wildman–Crippen LogP) is 4.06. The van der Waals surface area contributed by atoms with Crippen molar-refractivity contribution in [3.05, 3.63) is 11.6 Å². The van der Waals surface area contributed by atoms with E-state index in [4.69, 9.17) is 0 Å². The summed E-state index contributed by atoms with van der Waals surface area (Å²) in [5.74, 6) is 1.70. The quantitative estimate of drug-likeness (QED) is 0.663. The van der Waals surface area contributed by atoms with Crippen molar-refractivity contribution < 1.29 is 10.2 Å². The zero-order chi connectivity index (χ0) is 15.8. The Bertz CT molecular complexity index is 508. The fourth-order valence-corrected chi connectivity index (χ4v) is 6.97. The van der Waals surface area contributed by atoms with Gasteiger partial charge in [0.05, 0.1) is 11.7 Å². The highest BCUT2D eigenvalue weighted by Crippen LogP contribution is 2.66. The molecule has 0 aromatic rings. The summed E-state index contributed by atoms with van der Waals surface area (Å²) in [5.41, 5.74) is 1.34. The largest absolute Gasteiger partial charge is 0.393 e. The number of aliphatic hydroxyl groups excluding tert-OH is 1. The summed E-state index contributed by atoms with van der Waals surface area (Å²) in [6, 6.07) is 0. The van der Waals surface area contributed by atoms with Crippen molar-refractivity contribution in [3.63, 3.8) is 0 Å². The summed E-state index contributed by atoms with van der Waals surface area (Å²) in [6.45, 7) is 6.95. The minimum atomic E-state index is -0.687. The van der Waals surface area contributed by atoms with Gasteiger partial charge in [-0.3, -0.25) is 0 Å². The van der Waals surface area contributed by atoms with Crippen LogP contribution in [0.15, 0.2) is 11.6 Å². The van der Waals surface area contributed by atoms with Crippen molar-refractivity contribution in [2.75, 3.05) is 0 Å². The second-order valence-corrected chi connectivity index (χ2v) is 9.53. The van der Waals surface area contributed by atoms with Crippen molar-refractivity contribution in [1.29, 1.82) is 0 Å². The molecule has 0 aromatic carbocycles.